The number of hydrogen-bond donors (Lipinski definition) is 3. The van der Waals surface area contributed by atoms with Gasteiger partial charge in [-0.25, -0.2) is 5.43 Å². The van der Waals surface area contributed by atoms with Crippen LogP contribution >= 0.6 is 0 Å². The lowest BCUT2D eigenvalue weighted by molar-refractivity contribution is -0.123. The number of nitrogens with zero attached hydrogens (tertiary/aromatic N) is 1. The third-order valence-electron chi connectivity index (χ3n) is 8.18. The van der Waals surface area contributed by atoms with Gasteiger partial charge in [-0.1, -0.05) is 49.2 Å². The molecule has 2 aromatic carbocycles. The van der Waals surface area contributed by atoms with Gasteiger partial charge in [-0.15, -0.1) is 0 Å². The Morgan fingerprint density at radius 2 is 1.88 bits per heavy atom. The second-order valence-electron chi connectivity index (χ2n) is 9.87. The highest BCUT2D eigenvalue weighted by molar-refractivity contribution is 5.45. The van der Waals surface area contributed by atoms with Gasteiger partial charge >= 0.3 is 0 Å². The van der Waals surface area contributed by atoms with E-state index in [4.69, 9.17) is 9.47 Å². The van der Waals surface area contributed by atoms with Gasteiger partial charge < -0.3 is 14.6 Å². The summed E-state index contributed by atoms with van der Waals surface area (Å²) < 4.78 is 11.1. The Hall–Kier alpha value is -2.12. The smallest absolute Gasteiger partial charge is 0.231 e. The van der Waals surface area contributed by atoms with Crippen molar-refractivity contribution >= 4 is 0 Å². The molecule has 0 bridgehead atoms. The van der Waals surface area contributed by atoms with Crippen LogP contribution in [0.25, 0.3) is 0 Å². The van der Waals surface area contributed by atoms with E-state index in [0.29, 0.717) is 24.7 Å². The lowest BCUT2D eigenvalue weighted by atomic mass is 9.66. The molecule has 0 spiro atoms. The molecule has 170 valence electrons. The van der Waals surface area contributed by atoms with Crippen molar-refractivity contribution in [2.24, 2.45) is 11.8 Å². The van der Waals surface area contributed by atoms with E-state index in [1.165, 1.54) is 24.8 Å². The first kappa shape index (κ1) is 20.5. The van der Waals surface area contributed by atoms with Gasteiger partial charge in [0.25, 0.3) is 0 Å². The van der Waals surface area contributed by atoms with Crippen LogP contribution in [0, 0.1) is 11.8 Å². The summed E-state index contributed by atoms with van der Waals surface area (Å²) in [6.45, 7) is 3.22. The topological polar surface area (TPSA) is 66.0 Å². The van der Waals surface area contributed by atoms with E-state index >= 15 is 0 Å². The molecule has 3 N–H and O–H groups in total. The normalized spacial score (nSPS) is 34.4. The molecular weight excluding hydrogens is 402 g/mol. The molecule has 0 amide bonds. The molecule has 6 nitrogen and oxygen atoms in total. The number of ether oxygens (including phenoxy) is 2. The van der Waals surface area contributed by atoms with Crippen LogP contribution in [0.15, 0.2) is 48.5 Å². The molecule has 32 heavy (non-hydrogen) atoms. The highest BCUT2D eigenvalue weighted by atomic mass is 16.7. The summed E-state index contributed by atoms with van der Waals surface area (Å²) in [6.07, 6.45) is 5.58. The summed E-state index contributed by atoms with van der Waals surface area (Å²) in [6, 6.07) is 17.4. The fourth-order valence-corrected chi connectivity index (χ4v) is 6.55. The first-order chi connectivity index (χ1) is 15.7. The number of benzene rings is 2. The van der Waals surface area contributed by atoms with E-state index in [2.05, 4.69) is 52.1 Å². The second-order valence-corrected chi connectivity index (χ2v) is 9.87. The van der Waals surface area contributed by atoms with Crippen molar-refractivity contribution in [3.8, 4) is 11.5 Å². The zero-order valence-corrected chi connectivity index (χ0v) is 18.5. The molecule has 2 unspecified atom stereocenters. The molecule has 2 saturated heterocycles. The third-order valence-corrected chi connectivity index (χ3v) is 8.18. The maximum Gasteiger partial charge on any atom is 0.231 e. The van der Waals surface area contributed by atoms with E-state index in [1.807, 2.05) is 12.1 Å². The fourth-order valence-electron chi connectivity index (χ4n) is 6.55. The molecule has 3 aliphatic heterocycles. The number of rotatable bonds is 4. The van der Waals surface area contributed by atoms with E-state index in [-0.39, 0.29) is 6.04 Å². The van der Waals surface area contributed by atoms with E-state index in [9.17, 15) is 5.11 Å². The Labute approximate surface area is 189 Å². The Morgan fingerprint density at radius 1 is 1.03 bits per heavy atom. The Balaban J connectivity index is 1.22. The lowest BCUT2D eigenvalue weighted by Gasteiger charge is -2.53. The maximum atomic E-state index is 11.9. The Morgan fingerprint density at radius 3 is 2.78 bits per heavy atom. The summed E-state index contributed by atoms with van der Waals surface area (Å²) in [7, 11) is 0. The molecule has 3 fully saturated rings. The van der Waals surface area contributed by atoms with Crippen LogP contribution < -0.4 is 20.3 Å². The summed E-state index contributed by atoms with van der Waals surface area (Å²) in [5.74, 6) is 2.44. The molecule has 1 aliphatic carbocycles. The molecule has 2 aromatic rings. The zero-order chi connectivity index (χ0) is 21.5. The summed E-state index contributed by atoms with van der Waals surface area (Å²) >= 11 is 0. The Bertz CT molecular complexity index is 955. The minimum atomic E-state index is -0.703. The van der Waals surface area contributed by atoms with Crippen molar-refractivity contribution in [2.75, 3.05) is 26.4 Å². The Kier molecular flexibility index (Phi) is 5.34. The lowest BCUT2D eigenvalue weighted by Crippen LogP contribution is -2.58. The summed E-state index contributed by atoms with van der Waals surface area (Å²) in [4.78, 5) is 2.68. The maximum absolute atomic E-state index is 11.9. The van der Waals surface area contributed by atoms with Crippen LogP contribution in [0.2, 0.25) is 0 Å². The van der Waals surface area contributed by atoms with Gasteiger partial charge in [-0.2, -0.15) is 0 Å². The number of hydrazine groups is 1. The number of fused-ring (bicyclic) bond motifs is 2. The summed E-state index contributed by atoms with van der Waals surface area (Å²) in [5.41, 5.74) is 8.52. The van der Waals surface area contributed by atoms with Crippen LogP contribution in [0.4, 0.5) is 0 Å². The number of likely N-dealkylation sites (tertiary alicyclic amines) is 1. The molecule has 5 atom stereocenters. The van der Waals surface area contributed by atoms with Crippen molar-refractivity contribution in [1.82, 2.24) is 15.8 Å². The fraction of sp³-hybridized carbons (Fsp3) is 0.538. The minimum absolute atomic E-state index is 0.237. The van der Waals surface area contributed by atoms with Crippen LogP contribution in [0.1, 0.15) is 49.3 Å². The highest BCUT2D eigenvalue weighted by Gasteiger charge is 2.49. The van der Waals surface area contributed by atoms with E-state index < -0.39 is 5.60 Å². The molecule has 0 aromatic heterocycles. The van der Waals surface area contributed by atoms with E-state index in [1.54, 1.807) is 0 Å². The van der Waals surface area contributed by atoms with Crippen LogP contribution in [-0.2, 0) is 5.60 Å². The average molecular weight is 436 g/mol. The monoisotopic (exact) mass is 435 g/mol. The van der Waals surface area contributed by atoms with Gasteiger partial charge in [0, 0.05) is 37.5 Å². The van der Waals surface area contributed by atoms with Crippen molar-refractivity contribution in [2.45, 2.75) is 49.8 Å². The molecule has 1 saturated carbocycles. The van der Waals surface area contributed by atoms with Gasteiger partial charge in [0.15, 0.2) is 11.5 Å². The van der Waals surface area contributed by atoms with Gasteiger partial charge in [-0.05, 0) is 42.5 Å². The van der Waals surface area contributed by atoms with Crippen molar-refractivity contribution in [3.63, 3.8) is 0 Å². The number of aliphatic hydroxyl groups is 1. The zero-order valence-electron chi connectivity index (χ0n) is 18.5. The van der Waals surface area contributed by atoms with Crippen molar-refractivity contribution in [1.29, 1.82) is 0 Å². The predicted octanol–water partition coefficient (Wildman–Crippen LogP) is 3.33. The van der Waals surface area contributed by atoms with Gasteiger partial charge in [-0.3, -0.25) is 10.3 Å². The molecule has 4 aliphatic rings. The average Bonchev–Trinajstić information content (AvgIpc) is 3.50. The number of hydrogen-bond acceptors (Lipinski definition) is 6. The van der Waals surface area contributed by atoms with Crippen LogP contribution in [0.5, 0.6) is 11.5 Å². The SMILES string of the molecule is O[C@]1(c2ccccc2)CCN(CC2CNNC2c2ccc3c(c2)OCO3)[C@@H]2CCCC[C@H]21. The third kappa shape index (κ3) is 3.50. The molecule has 3 heterocycles. The minimum Gasteiger partial charge on any atom is -0.454 e. The second kappa shape index (κ2) is 8.34. The molecule has 6 heteroatoms. The number of nitrogens with one attached hydrogen (secondary N) is 2. The van der Waals surface area contributed by atoms with Crippen LogP contribution in [0.3, 0.4) is 0 Å². The summed E-state index contributed by atoms with van der Waals surface area (Å²) in [5, 5.41) is 11.9. The first-order valence-corrected chi connectivity index (χ1v) is 12.1. The van der Waals surface area contributed by atoms with Gasteiger partial charge in [0.2, 0.25) is 6.79 Å². The van der Waals surface area contributed by atoms with Gasteiger partial charge in [0.05, 0.1) is 11.6 Å². The van der Waals surface area contributed by atoms with E-state index in [0.717, 1.165) is 49.5 Å². The quantitative estimate of drug-likeness (QED) is 0.685. The first-order valence-electron chi connectivity index (χ1n) is 12.1. The standard InChI is InChI=1S/C26H33N3O3/c30-26(20-6-2-1-3-7-20)12-13-29(22-9-5-4-8-21(22)26)16-19-15-27-28-25(19)18-10-11-23-24(14-18)32-17-31-23/h1-3,6-7,10-11,14,19,21-22,25,27-28,30H,4-5,8-9,12-13,15-17H2/t19?,21-,22-,25?,26+/m1/s1. The van der Waals surface area contributed by atoms with Crippen molar-refractivity contribution in [3.05, 3.63) is 59.7 Å². The number of piperidine rings is 1. The molecule has 6 rings (SSSR count). The van der Waals surface area contributed by atoms with Gasteiger partial charge in [0.1, 0.15) is 0 Å². The van der Waals surface area contributed by atoms with Crippen molar-refractivity contribution < 1.29 is 14.6 Å². The highest BCUT2D eigenvalue weighted by Crippen LogP contribution is 2.47. The largest absolute Gasteiger partial charge is 0.454 e. The van der Waals surface area contributed by atoms with Crippen LogP contribution in [-0.4, -0.2) is 42.5 Å². The molecular formula is C26H33N3O3. The predicted molar refractivity (Wildman–Crippen MR) is 122 cm³/mol. The molecule has 0 radical (unpaired) electrons.